The monoisotopic (exact) mass is 693 g/mol. The summed E-state index contributed by atoms with van der Waals surface area (Å²) in [4.78, 5) is 0. The Morgan fingerprint density at radius 2 is 0.700 bits per heavy atom. The van der Waals surface area contributed by atoms with Crippen molar-refractivity contribution < 1.29 is 9.47 Å². The first-order valence-corrected chi connectivity index (χ1v) is 20.9. The van der Waals surface area contributed by atoms with E-state index < -0.39 is 0 Å². The molecule has 0 saturated heterocycles. The summed E-state index contributed by atoms with van der Waals surface area (Å²) >= 11 is 0. The Hall–Kier alpha value is -2.74. The maximum Gasteiger partial charge on any atom is 0.122 e. The molecular formula is C48H84O2. The van der Waals surface area contributed by atoms with Gasteiger partial charge in [0.2, 0.25) is 0 Å². The zero-order chi connectivity index (χ0) is 39.1. The number of para-hydroxylation sites is 2. The van der Waals surface area contributed by atoms with Gasteiger partial charge in [0.15, 0.2) is 0 Å². The van der Waals surface area contributed by atoms with Gasteiger partial charge in [-0.25, -0.2) is 0 Å². The molecule has 2 aliphatic heterocycles. The van der Waals surface area contributed by atoms with Crippen LogP contribution < -0.4 is 9.47 Å². The molecule has 0 amide bonds. The minimum Gasteiger partial charge on any atom is -0.493 e. The fraction of sp³-hybridized carbons (Fsp3) is 0.625. The lowest BCUT2D eigenvalue weighted by Crippen LogP contribution is -2.17. The molecule has 0 aromatic heterocycles. The Labute approximate surface area is 314 Å². The SMILES string of the molecule is CC.CC.CC.CC.CC.CC.CC(C)C1CCOc2ccccc21.CC(C)C1CCOc2ccccc21.CC(C)C1CCc2ccccc21. The second-order valence-corrected chi connectivity index (χ2v) is 12.1. The van der Waals surface area contributed by atoms with Crippen molar-refractivity contribution in [2.24, 2.45) is 17.8 Å². The average molecular weight is 693 g/mol. The van der Waals surface area contributed by atoms with E-state index >= 15 is 0 Å². The van der Waals surface area contributed by atoms with Gasteiger partial charge in [-0.1, -0.05) is 185 Å². The Morgan fingerprint density at radius 1 is 0.400 bits per heavy atom. The lowest BCUT2D eigenvalue weighted by Gasteiger charge is -2.28. The Kier molecular flexibility index (Phi) is 34.5. The number of aryl methyl sites for hydroxylation is 1. The molecule has 3 aromatic rings. The second kappa shape index (κ2) is 33.4. The number of fused-ring (bicyclic) bond motifs is 3. The van der Waals surface area contributed by atoms with Crippen LogP contribution in [-0.4, -0.2) is 13.2 Å². The summed E-state index contributed by atoms with van der Waals surface area (Å²) in [6.45, 7) is 39.5. The van der Waals surface area contributed by atoms with E-state index in [-0.39, 0.29) is 0 Å². The Balaban J connectivity index is -0.000000575. The van der Waals surface area contributed by atoms with Gasteiger partial charge in [-0.3, -0.25) is 0 Å². The minimum atomic E-state index is 0.685. The van der Waals surface area contributed by atoms with Crippen LogP contribution in [0.4, 0.5) is 0 Å². The van der Waals surface area contributed by atoms with Gasteiger partial charge in [-0.05, 0) is 95.6 Å². The summed E-state index contributed by atoms with van der Waals surface area (Å²) in [6.07, 6.45) is 4.97. The maximum atomic E-state index is 5.60. The maximum absolute atomic E-state index is 5.60. The molecule has 0 bridgehead atoms. The van der Waals surface area contributed by atoms with Crippen molar-refractivity contribution in [1.82, 2.24) is 0 Å². The normalized spacial score (nSPS) is 16.8. The number of benzene rings is 3. The van der Waals surface area contributed by atoms with E-state index in [0.29, 0.717) is 23.7 Å². The van der Waals surface area contributed by atoms with Gasteiger partial charge in [0.25, 0.3) is 0 Å². The molecule has 2 heteroatoms. The smallest absolute Gasteiger partial charge is 0.122 e. The molecule has 0 spiro atoms. The molecule has 288 valence electrons. The van der Waals surface area contributed by atoms with Crippen molar-refractivity contribution in [1.29, 1.82) is 0 Å². The molecule has 1 aliphatic carbocycles. The predicted octanol–water partition coefficient (Wildman–Crippen LogP) is 15.9. The molecule has 2 heterocycles. The molecule has 0 radical (unpaired) electrons. The van der Waals surface area contributed by atoms with Crippen LogP contribution in [0.15, 0.2) is 72.8 Å². The third-order valence-electron chi connectivity index (χ3n) is 8.60. The van der Waals surface area contributed by atoms with E-state index in [2.05, 4.69) is 102 Å². The molecule has 0 fully saturated rings. The average Bonchev–Trinajstić information content (AvgIpc) is 3.64. The van der Waals surface area contributed by atoms with Crippen molar-refractivity contribution in [2.45, 2.75) is 168 Å². The summed E-state index contributed by atoms with van der Waals surface area (Å²) in [6, 6.07) is 25.7. The third kappa shape index (κ3) is 17.5. The zero-order valence-corrected chi connectivity index (χ0v) is 36.5. The quantitative estimate of drug-likeness (QED) is 0.272. The summed E-state index contributed by atoms with van der Waals surface area (Å²) in [5.74, 6) is 6.60. The lowest BCUT2D eigenvalue weighted by atomic mass is 9.84. The highest BCUT2D eigenvalue weighted by Gasteiger charge is 2.25. The van der Waals surface area contributed by atoms with Crippen molar-refractivity contribution in [3.63, 3.8) is 0 Å². The number of rotatable bonds is 3. The number of ether oxygens (including phenoxy) is 2. The second-order valence-electron chi connectivity index (χ2n) is 12.1. The van der Waals surface area contributed by atoms with Crippen LogP contribution >= 0.6 is 0 Å². The highest BCUT2D eigenvalue weighted by molar-refractivity contribution is 5.39. The molecule has 50 heavy (non-hydrogen) atoms. The fourth-order valence-electron chi connectivity index (χ4n) is 6.41. The zero-order valence-electron chi connectivity index (χ0n) is 36.5. The van der Waals surface area contributed by atoms with Crippen molar-refractivity contribution in [3.8, 4) is 11.5 Å². The van der Waals surface area contributed by atoms with Gasteiger partial charge in [-0.2, -0.15) is 0 Å². The van der Waals surface area contributed by atoms with E-state index in [0.717, 1.165) is 49.4 Å². The Morgan fingerprint density at radius 3 is 1.06 bits per heavy atom. The Bertz CT molecular complexity index is 1080. The standard InChI is InChI=1S/2C12H16O.C12H16.6C2H6/c2*1-9(2)10-7-8-13-12-6-4-3-5-11(10)12;1-9(2)11-8-7-10-5-3-4-6-12(10)11;6*1-2/h2*3-6,9-10H,7-8H2,1-2H3;3-6,9,11H,7-8H2,1-2H3;6*1-2H3. The molecule has 0 saturated carbocycles. The predicted molar refractivity (Wildman–Crippen MR) is 229 cm³/mol. The van der Waals surface area contributed by atoms with Gasteiger partial charge in [-0.15, -0.1) is 0 Å². The van der Waals surface area contributed by atoms with E-state index in [4.69, 9.17) is 9.47 Å². The van der Waals surface area contributed by atoms with Crippen LogP contribution in [0.1, 0.15) is 184 Å². The third-order valence-corrected chi connectivity index (χ3v) is 8.60. The van der Waals surface area contributed by atoms with E-state index in [9.17, 15) is 0 Å². The van der Waals surface area contributed by atoms with Crippen LogP contribution in [0.3, 0.4) is 0 Å². The largest absolute Gasteiger partial charge is 0.493 e. The first-order chi connectivity index (χ1) is 24.4. The summed E-state index contributed by atoms with van der Waals surface area (Å²) in [5, 5.41) is 0. The summed E-state index contributed by atoms with van der Waals surface area (Å²) < 4.78 is 11.2. The van der Waals surface area contributed by atoms with Gasteiger partial charge < -0.3 is 9.47 Å². The van der Waals surface area contributed by atoms with Crippen LogP contribution in [0.25, 0.3) is 0 Å². The van der Waals surface area contributed by atoms with Crippen LogP contribution in [0.5, 0.6) is 11.5 Å². The molecule has 3 unspecified atom stereocenters. The first kappa shape index (κ1) is 51.6. The molecule has 2 nitrogen and oxygen atoms in total. The summed E-state index contributed by atoms with van der Waals surface area (Å²) in [5.41, 5.74) is 5.97. The number of hydrogen-bond donors (Lipinski definition) is 0. The van der Waals surface area contributed by atoms with Gasteiger partial charge in [0, 0.05) is 0 Å². The van der Waals surface area contributed by atoms with E-state index in [1.165, 1.54) is 24.0 Å². The molecular weight excluding hydrogens is 609 g/mol. The summed E-state index contributed by atoms with van der Waals surface area (Å²) in [7, 11) is 0. The fourth-order valence-corrected chi connectivity index (χ4v) is 6.41. The first-order valence-electron chi connectivity index (χ1n) is 20.9. The molecule has 0 N–H and O–H groups in total. The van der Waals surface area contributed by atoms with Crippen LogP contribution in [0.2, 0.25) is 0 Å². The lowest BCUT2D eigenvalue weighted by molar-refractivity contribution is 0.247. The topological polar surface area (TPSA) is 18.5 Å². The van der Waals surface area contributed by atoms with E-state index in [1.807, 2.05) is 95.2 Å². The highest BCUT2D eigenvalue weighted by Crippen LogP contribution is 2.39. The molecule has 6 rings (SSSR count). The van der Waals surface area contributed by atoms with Crippen molar-refractivity contribution >= 4 is 0 Å². The minimum absolute atomic E-state index is 0.685. The van der Waals surface area contributed by atoms with Crippen LogP contribution in [-0.2, 0) is 6.42 Å². The van der Waals surface area contributed by atoms with Crippen molar-refractivity contribution in [3.05, 3.63) is 95.1 Å². The van der Waals surface area contributed by atoms with Crippen molar-refractivity contribution in [2.75, 3.05) is 13.2 Å². The molecule has 3 aliphatic rings. The van der Waals surface area contributed by atoms with Gasteiger partial charge in [0.05, 0.1) is 13.2 Å². The molecule has 3 aromatic carbocycles. The number of hydrogen-bond acceptors (Lipinski definition) is 2. The van der Waals surface area contributed by atoms with Gasteiger partial charge in [0.1, 0.15) is 11.5 Å². The highest BCUT2D eigenvalue weighted by atomic mass is 16.5. The van der Waals surface area contributed by atoms with Crippen LogP contribution in [0, 0.1) is 17.8 Å². The molecule has 3 atom stereocenters. The van der Waals surface area contributed by atoms with E-state index in [1.54, 1.807) is 11.1 Å². The van der Waals surface area contributed by atoms with Gasteiger partial charge >= 0.3 is 0 Å².